The predicted molar refractivity (Wildman–Crippen MR) is 82.6 cm³/mol. The first kappa shape index (κ1) is 15.4. The van der Waals surface area contributed by atoms with Crippen molar-refractivity contribution in [3.8, 4) is 11.5 Å². The molecule has 0 saturated carbocycles. The summed E-state index contributed by atoms with van der Waals surface area (Å²) in [6.07, 6.45) is 3.86. The highest BCUT2D eigenvalue weighted by Crippen LogP contribution is 2.29. The zero-order valence-corrected chi connectivity index (χ0v) is 13.0. The Morgan fingerprint density at radius 1 is 1.24 bits per heavy atom. The molecule has 0 amide bonds. The number of H-pyrrole nitrogens is 1. The first-order chi connectivity index (χ1) is 10.1. The molecule has 0 bridgehead atoms. The molecule has 0 aliphatic rings. The molecule has 0 aliphatic carbocycles. The molecule has 0 aliphatic heterocycles. The number of aromatic nitrogens is 2. The summed E-state index contributed by atoms with van der Waals surface area (Å²) in [7, 11) is 1.66. The molecule has 114 valence electrons. The van der Waals surface area contributed by atoms with E-state index in [9.17, 15) is 0 Å². The first-order valence-corrected chi connectivity index (χ1v) is 7.15. The van der Waals surface area contributed by atoms with Crippen molar-refractivity contribution in [1.82, 2.24) is 15.5 Å². The van der Waals surface area contributed by atoms with Gasteiger partial charge in [-0.25, -0.2) is 0 Å². The normalized spacial score (nSPS) is 12.4. The Bertz CT molecular complexity index is 553. The largest absolute Gasteiger partial charge is 0.493 e. The maximum atomic E-state index is 5.72. The van der Waals surface area contributed by atoms with Gasteiger partial charge in [0.25, 0.3) is 0 Å². The minimum Gasteiger partial charge on any atom is -0.493 e. The van der Waals surface area contributed by atoms with Gasteiger partial charge in [-0.2, -0.15) is 5.10 Å². The monoisotopic (exact) mass is 289 g/mol. The SMILES string of the molecule is COc1cc(CNC(C)c2cn[nH]c2)ccc1OC(C)C. The number of benzene rings is 1. The number of rotatable bonds is 7. The van der Waals surface area contributed by atoms with E-state index in [4.69, 9.17) is 9.47 Å². The van der Waals surface area contributed by atoms with Crippen LogP contribution in [0.2, 0.25) is 0 Å². The fraction of sp³-hybridized carbons (Fsp3) is 0.438. The number of nitrogens with zero attached hydrogens (tertiary/aromatic N) is 1. The molecule has 0 fully saturated rings. The summed E-state index contributed by atoms with van der Waals surface area (Å²) >= 11 is 0. The Labute approximate surface area is 125 Å². The molecule has 2 rings (SSSR count). The van der Waals surface area contributed by atoms with Crippen LogP contribution in [0, 0.1) is 0 Å². The molecular formula is C16H23N3O2. The van der Waals surface area contributed by atoms with Gasteiger partial charge in [0.1, 0.15) is 0 Å². The van der Waals surface area contributed by atoms with Crippen LogP contribution in [0.25, 0.3) is 0 Å². The van der Waals surface area contributed by atoms with Crippen molar-refractivity contribution in [2.24, 2.45) is 0 Å². The Hall–Kier alpha value is -2.01. The van der Waals surface area contributed by atoms with E-state index in [1.807, 2.05) is 38.4 Å². The molecule has 2 aromatic rings. The van der Waals surface area contributed by atoms with Crippen molar-refractivity contribution >= 4 is 0 Å². The lowest BCUT2D eigenvalue weighted by molar-refractivity contribution is 0.230. The number of methoxy groups -OCH3 is 1. The summed E-state index contributed by atoms with van der Waals surface area (Å²) in [4.78, 5) is 0. The summed E-state index contributed by atoms with van der Waals surface area (Å²) in [5.74, 6) is 1.54. The second kappa shape index (κ2) is 7.13. The van der Waals surface area contributed by atoms with Crippen LogP contribution < -0.4 is 14.8 Å². The Morgan fingerprint density at radius 3 is 2.67 bits per heavy atom. The van der Waals surface area contributed by atoms with Crippen LogP contribution in [-0.4, -0.2) is 23.4 Å². The zero-order chi connectivity index (χ0) is 15.2. The third kappa shape index (κ3) is 4.23. The Kier molecular flexibility index (Phi) is 5.22. The smallest absolute Gasteiger partial charge is 0.161 e. The highest BCUT2D eigenvalue weighted by atomic mass is 16.5. The Morgan fingerprint density at radius 2 is 2.05 bits per heavy atom. The van der Waals surface area contributed by atoms with Gasteiger partial charge >= 0.3 is 0 Å². The standard InChI is InChI=1S/C16H23N3O2/c1-11(2)21-15-6-5-13(7-16(15)20-4)8-17-12(3)14-9-18-19-10-14/h5-7,9-12,17H,8H2,1-4H3,(H,18,19). The molecular weight excluding hydrogens is 266 g/mol. The molecule has 21 heavy (non-hydrogen) atoms. The van der Waals surface area contributed by atoms with Crippen molar-refractivity contribution in [1.29, 1.82) is 0 Å². The van der Waals surface area contributed by atoms with Gasteiger partial charge in [0.15, 0.2) is 11.5 Å². The second-order valence-corrected chi connectivity index (χ2v) is 5.29. The summed E-state index contributed by atoms with van der Waals surface area (Å²) in [6.45, 7) is 6.87. The molecule has 2 N–H and O–H groups in total. The van der Waals surface area contributed by atoms with Gasteiger partial charge in [-0.3, -0.25) is 5.10 Å². The van der Waals surface area contributed by atoms with Gasteiger partial charge in [0.05, 0.1) is 19.4 Å². The van der Waals surface area contributed by atoms with Crippen molar-refractivity contribution in [3.63, 3.8) is 0 Å². The molecule has 0 saturated heterocycles. The van der Waals surface area contributed by atoms with Gasteiger partial charge in [-0.15, -0.1) is 0 Å². The topological polar surface area (TPSA) is 59.2 Å². The van der Waals surface area contributed by atoms with Crippen molar-refractivity contribution in [2.75, 3.05) is 7.11 Å². The van der Waals surface area contributed by atoms with E-state index in [-0.39, 0.29) is 12.1 Å². The third-order valence-electron chi connectivity index (χ3n) is 3.22. The van der Waals surface area contributed by atoms with E-state index in [1.54, 1.807) is 7.11 Å². The number of nitrogens with one attached hydrogen (secondary N) is 2. The van der Waals surface area contributed by atoms with Crippen molar-refractivity contribution < 1.29 is 9.47 Å². The highest BCUT2D eigenvalue weighted by Gasteiger charge is 2.09. The summed E-state index contributed by atoms with van der Waals surface area (Å²) in [5, 5.41) is 10.2. The molecule has 1 heterocycles. The number of ether oxygens (including phenoxy) is 2. The lowest BCUT2D eigenvalue weighted by Gasteiger charge is -2.16. The molecule has 1 atom stereocenters. The zero-order valence-electron chi connectivity index (χ0n) is 13.0. The van der Waals surface area contributed by atoms with Crippen molar-refractivity contribution in [2.45, 2.75) is 39.5 Å². The number of aromatic amines is 1. The van der Waals surface area contributed by atoms with Crippen LogP contribution in [0.3, 0.4) is 0 Å². The fourth-order valence-corrected chi connectivity index (χ4v) is 2.06. The van der Waals surface area contributed by atoms with E-state index in [0.717, 1.165) is 29.2 Å². The minimum atomic E-state index is 0.129. The minimum absolute atomic E-state index is 0.129. The molecule has 5 nitrogen and oxygen atoms in total. The summed E-state index contributed by atoms with van der Waals surface area (Å²) in [6, 6.07) is 6.25. The van der Waals surface area contributed by atoms with Crippen LogP contribution >= 0.6 is 0 Å². The van der Waals surface area contributed by atoms with Gasteiger partial charge in [0, 0.05) is 24.3 Å². The van der Waals surface area contributed by atoms with Crippen LogP contribution in [-0.2, 0) is 6.54 Å². The highest BCUT2D eigenvalue weighted by molar-refractivity contribution is 5.43. The quantitative estimate of drug-likeness (QED) is 0.822. The molecule has 0 spiro atoms. The van der Waals surface area contributed by atoms with Crippen LogP contribution in [0.4, 0.5) is 0 Å². The Balaban J connectivity index is 2.00. The van der Waals surface area contributed by atoms with E-state index >= 15 is 0 Å². The predicted octanol–water partition coefficient (Wildman–Crippen LogP) is 3.06. The van der Waals surface area contributed by atoms with Crippen molar-refractivity contribution in [3.05, 3.63) is 41.7 Å². The molecule has 1 aromatic carbocycles. The van der Waals surface area contributed by atoms with E-state index < -0.39 is 0 Å². The molecule has 1 aromatic heterocycles. The maximum Gasteiger partial charge on any atom is 0.161 e. The summed E-state index contributed by atoms with van der Waals surface area (Å²) in [5.41, 5.74) is 2.29. The van der Waals surface area contributed by atoms with Gasteiger partial charge < -0.3 is 14.8 Å². The number of hydrogen-bond acceptors (Lipinski definition) is 4. The van der Waals surface area contributed by atoms with Gasteiger partial charge in [-0.05, 0) is 38.5 Å². The van der Waals surface area contributed by atoms with Gasteiger partial charge in [0.2, 0.25) is 0 Å². The average Bonchev–Trinajstić information content (AvgIpc) is 2.99. The van der Waals surface area contributed by atoms with Crippen LogP contribution in [0.5, 0.6) is 11.5 Å². The maximum absolute atomic E-state index is 5.72. The third-order valence-corrected chi connectivity index (χ3v) is 3.22. The molecule has 5 heteroatoms. The van der Waals surface area contributed by atoms with E-state index in [2.05, 4.69) is 28.5 Å². The van der Waals surface area contributed by atoms with Crippen LogP contribution in [0.1, 0.15) is 37.9 Å². The van der Waals surface area contributed by atoms with E-state index in [0.29, 0.717) is 0 Å². The van der Waals surface area contributed by atoms with E-state index in [1.165, 1.54) is 0 Å². The van der Waals surface area contributed by atoms with Crippen LogP contribution in [0.15, 0.2) is 30.6 Å². The first-order valence-electron chi connectivity index (χ1n) is 7.15. The number of hydrogen-bond donors (Lipinski definition) is 2. The molecule has 1 unspecified atom stereocenters. The fourth-order valence-electron chi connectivity index (χ4n) is 2.06. The molecule has 0 radical (unpaired) electrons. The second-order valence-electron chi connectivity index (χ2n) is 5.29. The lowest BCUT2D eigenvalue weighted by Crippen LogP contribution is -2.17. The van der Waals surface area contributed by atoms with Gasteiger partial charge in [-0.1, -0.05) is 6.07 Å². The lowest BCUT2D eigenvalue weighted by atomic mass is 10.1. The summed E-state index contributed by atoms with van der Waals surface area (Å²) < 4.78 is 11.1. The average molecular weight is 289 g/mol.